The molecule has 1 aromatic carbocycles. The Labute approximate surface area is 148 Å². The highest BCUT2D eigenvalue weighted by Gasteiger charge is 2.15. The zero-order valence-corrected chi connectivity index (χ0v) is 15.0. The molecule has 134 valence electrons. The number of amides is 1. The third-order valence-corrected chi connectivity index (χ3v) is 3.78. The fraction of sp³-hybridized carbons (Fsp3) is 0.368. The number of rotatable bonds is 9. The van der Waals surface area contributed by atoms with Crippen LogP contribution in [0.15, 0.2) is 43.1 Å². The van der Waals surface area contributed by atoms with E-state index in [1.54, 1.807) is 36.5 Å². The lowest BCUT2D eigenvalue weighted by Gasteiger charge is -2.15. The van der Waals surface area contributed by atoms with Crippen LogP contribution in [-0.4, -0.2) is 28.9 Å². The third kappa shape index (κ3) is 4.62. The fourth-order valence-corrected chi connectivity index (χ4v) is 2.31. The SMILES string of the molecule is C=CCOc1ccc(C(=O)Nc2ccnn2[C@@H](C)CC)cc1OCC. The van der Waals surface area contributed by atoms with Crippen molar-refractivity contribution in [2.24, 2.45) is 0 Å². The van der Waals surface area contributed by atoms with E-state index in [1.165, 1.54) is 0 Å². The first kappa shape index (κ1) is 18.6. The van der Waals surface area contributed by atoms with Crippen molar-refractivity contribution in [3.63, 3.8) is 0 Å². The van der Waals surface area contributed by atoms with Crippen molar-refractivity contribution < 1.29 is 14.3 Å². The van der Waals surface area contributed by atoms with Crippen LogP contribution >= 0.6 is 0 Å². The Balaban J connectivity index is 2.20. The second-order valence-corrected chi connectivity index (χ2v) is 5.57. The average Bonchev–Trinajstić information content (AvgIpc) is 3.08. The molecule has 0 spiro atoms. The van der Waals surface area contributed by atoms with Crippen molar-refractivity contribution in [2.45, 2.75) is 33.2 Å². The van der Waals surface area contributed by atoms with Gasteiger partial charge in [-0.1, -0.05) is 19.6 Å². The number of carbonyl (C=O) groups is 1. The quantitative estimate of drug-likeness (QED) is 0.697. The standard InChI is InChI=1S/C19H25N3O3/c1-5-12-25-16-9-8-15(13-17(16)24-7-3)19(23)21-18-10-11-20-22(18)14(4)6-2/h5,8-11,13-14H,1,6-7,12H2,2-4H3,(H,21,23)/t14-/m0/s1. The summed E-state index contributed by atoms with van der Waals surface area (Å²) in [7, 11) is 0. The molecule has 2 aromatic rings. The van der Waals surface area contributed by atoms with E-state index in [4.69, 9.17) is 9.47 Å². The number of nitrogens with zero attached hydrogens (tertiary/aromatic N) is 2. The van der Waals surface area contributed by atoms with Gasteiger partial charge >= 0.3 is 0 Å². The molecule has 0 saturated carbocycles. The van der Waals surface area contributed by atoms with Gasteiger partial charge in [0.25, 0.3) is 5.91 Å². The van der Waals surface area contributed by atoms with Crippen LogP contribution in [0.3, 0.4) is 0 Å². The van der Waals surface area contributed by atoms with Gasteiger partial charge in [-0.25, -0.2) is 4.68 Å². The Morgan fingerprint density at radius 2 is 2.12 bits per heavy atom. The molecule has 25 heavy (non-hydrogen) atoms. The molecule has 0 radical (unpaired) electrons. The lowest BCUT2D eigenvalue weighted by molar-refractivity contribution is 0.102. The first-order chi connectivity index (χ1) is 12.1. The van der Waals surface area contributed by atoms with Crippen LogP contribution < -0.4 is 14.8 Å². The Kier molecular flexibility index (Phi) is 6.62. The number of hydrogen-bond donors (Lipinski definition) is 1. The Morgan fingerprint density at radius 1 is 1.32 bits per heavy atom. The largest absolute Gasteiger partial charge is 0.490 e. The molecule has 6 heteroatoms. The molecule has 0 bridgehead atoms. The Morgan fingerprint density at radius 3 is 2.80 bits per heavy atom. The lowest BCUT2D eigenvalue weighted by atomic mass is 10.2. The summed E-state index contributed by atoms with van der Waals surface area (Å²) < 4.78 is 12.9. The van der Waals surface area contributed by atoms with Crippen LogP contribution in [0.5, 0.6) is 11.5 Å². The minimum atomic E-state index is -0.221. The topological polar surface area (TPSA) is 65.4 Å². The average molecular weight is 343 g/mol. The van der Waals surface area contributed by atoms with Gasteiger partial charge in [0, 0.05) is 11.6 Å². The maximum atomic E-state index is 12.6. The predicted octanol–water partition coefficient (Wildman–Crippen LogP) is 4.07. The minimum Gasteiger partial charge on any atom is -0.490 e. The third-order valence-electron chi connectivity index (χ3n) is 3.78. The smallest absolute Gasteiger partial charge is 0.256 e. The van der Waals surface area contributed by atoms with Crippen molar-refractivity contribution in [1.29, 1.82) is 0 Å². The normalized spacial score (nSPS) is 11.6. The molecule has 0 aliphatic heterocycles. The second kappa shape index (κ2) is 8.92. The molecule has 0 saturated heterocycles. The summed E-state index contributed by atoms with van der Waals surface area (Å²) in [4.78, 5) is 12.6. The fourth-order valence-electron chi connectivity index (χ4n) is 2.31. The van der Waals surface area contributed by atoms with E-state index >= 15 is 0 Å². The zero-order chi connectivity index (χ0) is 18.2. The van der Waals surface area contributed by atoms with E-state index < -0.39 is 0 Å². The summed E-state index contributed by atoms with van der Waals surface area (Å²) in [5, 5.41) is 7.18. The number of hydrogen-bond acceptors (Lipinski definition) is 4. The molecule has 2 rings (SSSR count). The Bertz CT molecular complexity index is 724. The zero-order valence-electron chi connectivity index (χ0n) is 15.0. The van der Waals surface area contributed by atoms with Crippen molar-refractivity contribution in [3.8, 4) is 11.5 Å². The first-order valence-electron chi connectivity index (χ1n) is 8.46. The molecule has 1 amide bonds. The van der Waals surface area contributed by atoms with Gasteiger partial charge < -0.3 is 14.8 Å². The molecule has 6 nitrogen and oxygen atoms in total. The van der Waals surface area contributed by atoms with E-state index in [9.17, 15) is 4.79 Å². The van der Waals surface area contributed by atoms with Crippen LogP contribution in [0.2, 0.25) is 0 Å². The highest BCUT2D eigenvalue weighted by Crippen LogP contribution is 2.29. The van der Waals surface area contributed by atoms with Crippen molar-refractivity contribution >= 4 is 11.7 Å². The van der Waals surface area contributed by atoms with Gasteiger partial charge in [0.15, 0.2) is 11.5 Å². The Hall–Kier alpha value is -2.76. The summed E-state index contributed by atoms with van der Waals surface area (Å²) >= 11 is 0. The minimum absolute atomic E-state index is 0.207. The van der Waals surface area contributed by atoms with Crippen LogP contribution in [0.4, 0.5) is 5.82 Å². The summed E-state index contributed by atoms with van der Waals surface area (Å²) in [6, 6.07) is 7.12. The molecular weight excluding hydrogens is 318 g/mol. The number of carbonyl (C=O) groups excluding carboxylic acids is 1. The molecule has 1 atom stereocenters. The highest BCUT2D eigenvalue weighted by molar-refractivity contribution is 6.04. The van der Waals surface area contributed by atoms with Gasteiger partial charge in [0.05, 0.1) is 18.8 Å². The van der Waals surface area contributed by atoms with E-state index in [0.717, 1.165) is 6.42 Å². The van der Waals surface area contributed by atoms with E-state index in [0.29, 0.717) is 36.1 Å². The molecule has 0 fully saturated rings. The second-order valence-electron chi connectivity index (χ2n) is 5.57. The van der Waals surface area contributed by atoms with Crippen LogP contribution in [0.1, 0.15) is 43.6 Å². The molecular formula is C19H25N3O3. The predicted molar refractivity (Wildman–Crippen MR) is 98.5 cm³/mol. The summed E-state index contributed by atoms with van der Waals surface area (Å²) in [5.41, 5.74) is 0.492. The molecule has 1 N–H and O–H groups in total. The van der Waals surface area contributed by atoms with Gasteiger partial charge in [-0.2, -0.15) is 5.10 Å². The number of nitrogens with one attached hydrogen (secondary N) is 1. The summed E-state index contributed by atoms with van der Waals surface area (Å²) in [5.74, 6) is 1.57. The highest BCUT2D eigenvalue weighted by atomic mass is 16.5. The maximum Gasteiger partial charge on any atom is 0.256 e. The monoisotopic (exact) mass is 343 g/mol. The van der Waals surface area contributed by atoms with Gasteiger partial charge in [0.2, 0.25) is 0 Å². The number of aromatic nitrogens is 2. The van der Waals surface area contributed by atoms with E-state index in [2.05, 4.69) is 30.8 Å². The lowest BCUT2D eigenvalue weighted by Crippen LogP contribution is -2.17. The maximum absolute atomic E-state index is 12.6. The van der Waals surface area contributed by atoms with Crippen molar-refractivity contribution in [1.82, 2.24) is 9.78 Å². The van der Waals surface area contributed by atoms with Gasteiger partial charge in [-0.3, -0.25) is 4.79 Å². The molecule has 0 aliphatic carbocycles. The number of ether oxygens (including phenoxy) is 2. The van der Waals surface area contributed by atoms with Gasteiger partial charge in [-0.15, -0.1) is 0 Å². The van der Waals surface area contributed by atoms with E-state index in [1.807, 2.05) is 11.6 Å². The summed E-state index contributed by atoms with van der Waals surface area (Å²) in [6.45, 7) is 10.5. The first-order valence-corrected chi connectivity index (χ1v) is 8.46. The van der Waals surface area contributed by atoms with E-state index in [-0.39, 0.29) is 11.9 Å². The molecule has 0 aliphatic rings. The number of anilines is 1. The van der Waals surface area contributed by atoms with Crippen molar-refractivity contribution in [2.75, 3.05) is 18.5 Å². The number of benzene rings is 1. The van der Waals surface area contributed by atoms with Gasteiger partial charge in [0.1, 0.15) is 12.4 Å². The molecule has 0 unspecified atom stereocenters. The van der Waals surface area contributed by atoms with Crippen LogP contribution in [0.25, 0.3) is 0 Å². The summed E-state index contributed by atoms with van der Waals surface area (Å²) in [6.07, 6.45) is 4.26. The van der Waals surface area contributed by atoms with Crippen LogP contribution in [-0.2, 0) is 0 Å². The van der Waals surface area contributed by atoms with Gasteiger partial charge in [-0.05, 0) is 38.5 Å². The van der Waals surface area contributed by atoms with Crippen molar-refractivity contribution in [3.05, 3.63) is 48.7 Å². The molecule has 1 heterocycles. The molecule has 1 aromatic heterocycles. The van der Waals surface area contributed by atoms with Crippen LogP contribution in [0, 0.1) is 0 Å².